The van der Waals surface area contributed by atoms with Crippen LogP contribution < -0.4 is 32.8 Å². The van der Waals surface area contributed by atoms with Crippen LogP contribution in [0.5, 0.6) is 5.75 Å². The van der Waals surface area contributed by atoms with Gasteiger partial charge in [0.25, 0.3) is 17.5 Å². The number of primary amides is 1. The van der Waals surface area contributed by atoms with Crippen molar-refractivity contribution in [2.45, 2.75) is 47.9 Å². The number of carbonyl (C=O) groups excluding carboxylic acids is 1. The zero-order chi connectivity index (χ0) is 25.4. The van der Waals surface area contributed by atoms with E-state index in [0.29, 0.717) is 28.9 Å². The molecule has 0 radical (unpaired) electrons. The number of anilines is 1. The Balaban J connectivity index is 1.65. The molecule has 0 bridgehead atoms. The summed E-state index contributed by atoms with van der Waals surface area (Å²) in [5.74, 6) is -2.97. The Kier molecular flexibility index (Phi) is 8.94. The number of benzene rings is 2. The van der Waals surface area contributed by atoms with E-state index in [2.05, 4.69) is 15.6 Å². The molecular weight excluding hydrogens is 474 g/mol. The fourth-order valence-electron chi connectivity index (χ4n) is 3.96. The van der Waals surface area contributed by atoms with Crippen molar-refractivity contribution in [3.8, 4) is 5.75 Å². The number of aromatic hydroxyl groups is 1. The summed E-state index contributed by atoms with van der Waals surface area (Å²) in [6, 6.07) is 13.4. The van der Waals surface area contributed by atoms with E-state index in [1.54, 1.807) is 24.3 Å². The molecular formula is C24H31F2N6O2S+. The maximum atomic E-state index is 12.5. The van der Waals surface area contributed by atoms with E-state index in [9.17, 15) is 18.7 Å². The van der Waals surface area contributed by atoms with Crippen molar-refractivity contribution in [2.75, 3.05) is 11.9 Å². The summed E-state index contributed by atoms with van der Waals surface area (Å²) in [6.45, 7) is 0.359. The molecule has 8 nitrogen and oxygen atoms in total. The molecule has 3 rings (SSSR count). The first-order valence-electron chi connectivity index (χ1n) is 11.2. The van der Waals surface area contributed by atoms with Crippen LogP contribution in [0.2, 0.25) is 0 Å². The largest absolute Gasteiger partial charge is 0.508 e. The number of nitrogens with one attached hydrogen (secondary N) is 3. The van der Waals surface area contributed by atoms with E-state index >= 15 is 0 Å². The Bertz CT molecular complexity index is 1050. The summed E-state index contributed by atoms with van der Waals surface area (Å²) >= 11 is 0.443. The minimum absolute atomic E-state index is 0.0362. The highest BCUT2D eigenvalue weighted by atomic mass is 32.2. The van der Waals surface area contributed by atoms with Crippen LogP contribution in [-0.4, -0.2) is 40.7 Å². The number of hydrogen-bond acceptors (Lipinski definition) is 6. The molecule has 2 aromatic carbocycles. The van der Waals surface area contributed by atoms with Gasteiger partial charge in [-0.2, -0.15) is 8.78 Å². The fourth-order valence-corrected chi connectivity index (χ4v) is 4.46. The molecule has 2 aromatic rings. The Morgan fingerprint density at radius 3 is 2.31 bits per heavy atom. The van der Waals surface area contributed by atoms with Crippen LogP contribution in [0.4, 0.5) is 20.2 Å². The van der Waals surface area contributed by atoms with Crippen LogP contribution in [-0.2, 0) is 4.79 Å². The molecule has 10 N–H and O–H groups in total. The maximum Gasteiger partial charge on any atom is 0.288 e. The Hall–Kier alpha value is -3.31. The van der Waals surface area contributed by atoms with E-state index in [0.717, 1.165) is 31.4 Å². The van der Waals surface area contributed by atoms with Crippen LogP contribution in [0.1, 0.15) is 25.7 Å². The maximum absolute atomic E-state index is 12.5. The minimum Gasteiger partial charge on any atom is -0.508 e. The number of phenolic OH excluding ortho intramolecular Hbond substituents is 1. The summed E-state index contributed by atoms with van der Waals surface area (Å²) in [5.41, 5.74) is 18.9. The molecule has 1 amide bonds. The van der Waals surface area contributed by atoms with Gasteiger partial charge in [-0.3, -0.25) is 10.5 Å². The van der Waals surface area contributed by atoms with Gasteiger partial charge in [0.2, 0.25) is 0 Å². The van der Waals surface area contributed by atoms with Crippen LogP contribution in [0.15, 0.2) is 65.2 Å². The number of carbonyl (C=O) groups is 1. The molecule has 0 heterocycles. The van der Waals surface area contributed by atoms with Crippen molar-refractivity contribution in [3.05, 3.63) is 60.3 Å². The summed E-state index contributed by atoms with van der Waals surface area (Å²) in [7, 11) is 0. The molecule has 188 valence electrons. The third-order valence-corrected chi connectivity index (χ3v) is 6.73. The van der Waals surface area contributed by atoms with E-state index < -0.39 is 17.2 Å². The van der Waals surface area contributed by atoms with Gasteiger partial charge in [0.05, 0.1) is 0 Å². The van der Waals surface area contributed by atoms with Gasteiger partial charge in [-0.25, -0.2) is 4.99 Å². The smallest absolute Gasteiger partial charge is 0.288 e. The number of amides is 1. The quantitative estimate of drug-likeness (QED) is 0.0849. The van der Waals surface area contributed by atoms with Crippen LogP contribution >= 0.6 is 11.8 Å². The van der Waals surface area contributed by atoms with Crippen molar-refractivity contribution in [1.29, 1.82) is 0 Å². The topological polar surface area (TPSA) is 153 Å². The van der Waals surface area contributed by atoms with Gasteiger partial charge in [0.15, 0.2) is 0 Å². The van der Waals surface area contributed by atoms with Gasteiger partial charge in [0.1, 0.15) is 17.0 Å². The van der Waals surface area contributed by atoms with Gasteiger partial charge in [-0.15, -0.1) is 0 Å². The summed E-state index contributed by atoms with van der Waals surface area (Å²) < 4.78 is 25.0. The predicted molar refractivity (Wildman–Crippen MR) is 134 cm³/mol. The number of alkyl halides is 2. The van der Waals surface area contributed by atoms with E-state index in [1.165, 1.54) is 18.3 Å². The molecule has 1 fully saturated rings. The minimum atomic E-state index is -2.51. The number of halogens is 2. The zero-order valence-corrected chi connectivity index (χ0v) is 20.0. The fraction of sp³-hybridized carbons (Fsp3) is 0.333. The Morgan fingerprint density at radius 1 is 1.14 bits per heavy atom. The van der Waals surface area contributed by atoms with Crippen molar-refractivity contribution in [1.82, 2.24) is 5.32 Å². The lowest BCUT2D eigenvalue weighted by Crippen LogP contribution is -2.70. The van der Waals surface area contributed by atoms with Crippen molar-refractivity contribution < 1.29 is 23.7 Å². The third-order valence-electron chi connectivity index (χ3n) is 6.01. The number of thioether (sulfide) groups is 1. The summed E-state index contributed by atoms with van der Waals surface area (Å²) in [6.07, 6.45) is 4.72. The molecule has 0 spiro atoms. The van der Waals surface area contributed by atoms with Crippen molar-refractivity contribution in [3.63, 3.8) is 0 Å². The third kappa shape index (κ3) is 7.59. The van der Waals surface area contributed by atoms with E-state index in [4.69, 9.17) is 17.2 Å². The van der Waals surface area contributed by atoms with Gasteiger partial charge in [0, 0.05) is 34.9 Å². The first kappa shape index (κ1) is 26.3. The molecule has 1 aliphatic carbocycles. The predicted octanol–water partition coefficient (Wildman–Crippen LogP) is 1.49. The Morgan fingerprint density at radius 2 is 1.77 bits per heavy atom. The lowest BCUT2D eigenvalue weighted by molar-refractivity contribution is -0.354. The molecule has 1 aliphatic rings. The second-order valence-corrected chi connectivity index (χ2v) is 9.52. The lowest BCUT2D eigenvalue weighted by atomic mass is 9.79. The standard InChI is InChI=1S/C24H30F2N6O2S/c25-23(26)35-19-7-3-16(4-8-19)32-21(28)20(22(29)34)13-30-24(14-27)11-9-17(10-12-24)31-15-1-5-18(33)6-2-15/h1-8,13,17,23,30-31,33H,9-12,14,27H2,(H2,28,32)(H2,29,34)/p+1/b20-13+. The summed E-state index contributed by atoms with van der Waals surface area (Å²) in [5, 5.41) is 16.2. The molecule has 0 unspecified atom stereocenters. The number of amidine groups is 1. The number of rotatable bonds is 10. The highest BCUT2D eigenvalue weighted by molar-refractivity contribution is 7.99. The van der Waals surface area contributed by atoms with Gasteiger partial charge in [-0.1, -0.05) is 11.8 Å². The van der Waals surface area contributed by atoms with E-state index in [-0.39, 0.29) is 23.2 Å². The van der Waals surface area contributed by atoms with Gasteiger partial charge >= 0.3 is 0 Å². The SMILES string of the molecule is NCC1(N/C=C(/C(N)=O)C(N)=[NH+]c2ccc(SC(F)F)cc2)CCC(Nc2ccc(O)cc2)CC1. The van der Waals surface area contributed by atoms with Crippen LogP contribution in [0, 0.1) is 0 Å². The first-order chi connectivity index (χ1) is 16.7. The number of nitrogens with two attached hydrogens (primary N) is 3. The highest BCUT2D eigenvalue weighted by Gasteiger charge is 2.34. The van der Waals surface area contributed by atoms with Crippen LogP contribution in [0.25, 0.3) is 0 Å². The van der Waals surface area contributed by atoms with E-state index in [1.807, 2.05) is 12.1 Å². The van der Waals surface area contributed by atoms with Gasteiger partial charge in [-0.05, 0) is 74.2 Å². The first-order valence-corrected chi connectivity index (χ1v) is 12.1. The van der Waals surface area contributed by atoms with Crippen LogP contribution in [0.3, 0.4) is 0 Å². The average molecular weight is 506 g/mol. The van der Waals surface area contributed by atoms with Crippen molar-refractivity contribution >= 4 is 34.9 Å². The number of phenols is 1. The highest BCUT2D eigenvalue weighted by Crippen LogP contribution is 2.30. The zero-order valence-electron chi connectivity index (χ0n) is 19.1. The second kappa shape index (κ2) is 11.9. The molecule has 11 heteroatoms. The average Bonchev–Trinajstić information content (AvgIpc) is 2.82. The molecule has 0 aromatic heterocycles. The second-order valence-electron chi connectivity index (χ2n) is 8.46. The molecule has 1 saturated carbocycles. The lowest BCUT2D eigenvalue weighted by Gasteiger charge is -2.40. The normalized spacial score (nSPS) is 21.1. The summed E-state index contributed by atoms with van der Waals surface area (Å²) in [4.78, 5) is 15.4. The molecule has 0 atom stereocenters. The molecule has 0 saturated heterocycles. The monoisotopic (exact) mass is 505 g/mol. The van der Waals surface area contributed by atoms with Gasteiger partial charge < -0.3 is 27.2 Å². The number of hydrogen-bond donors (Lipinski definition) is 7. The molecule has 35 heavy (non-hydrogen) atoms. The molecule has 0 aliphatic heterocycles. The Labute approximate surface area is 207 Å². The van der Waals surface area contributed by atoms with Crippen molar-refractivity contribution in [2.24, 2.45) is 17.2 Å².